The fourth-order valence-electron chi connectivity index (χ4n) is 3.58. The minimum atomic E-state index is -0.991. The van der Waals surface area contributed by atoms with Crippen molar-refractivity contribution in [3.05, 3.63) is 45.3 Å². The summed E-state index contributed by atoms with van der Waals surface area (Å²) in [6, 6.07) is 3.37. The van der Waals surface area contributed by atoms with E-state index < -0.39 is 5.97 Å². The number of piperidine rings is 1. The number of carbonyl (C=O) groups is 2. The molecular formula is C17H16Cl2N4O3. The van der Waals surface area contributed by atoms with Crippen LogP contribution in [0, 0.1) is 18.8 Å². The number of aromatic nitrogens is 2. The molecule has 2 aromatic heterocycles. The topological polar surface area (TPSA) is 98.3 Å². The van der Waals surface area contributed by atoms with Crippen LogP contribution in [0.2, 0.25) is 10.0 Å². The molecule has 2 aliphatic rings. The van der Waals surface area contributed by atoms with Gasteiger partial charge >= 0.3 is 5.97 Å². The highest BCUT2D eigenvalue weighted by Gasteiger charge is 2.56. The lowest BCUT2D eigenvalue weighted by atomic mass is 10.2. The quantitative estimate of drug-likeness (QED) is 0.739. The summed E-state index contributed by atoms with van der Waals surface area (Å²) >= 11 is 12.1. The molecule has 1 unspecified atom stereocenters. The second-order valence-electron chi connectivity index (χ2n) is 6.70. The molecule has 0 bridgehead atoms. The van der Waals surface area contributed by atoms with Crippen LogP contribution in [-0.4, -0.2) is 46.1 Å². The molecule has 1 aliphatic carbocycles. The zero-order chi connectivity index (χ0) is 18.6. The van der Waals surface area contributed by atoms with Gasteiger partial charge in [-0.05, 0) is 19.1 Å². The lowest BCUT2D eigenvalue weighted by Gasteiger charge is -2.21. The number of aromatic amines is 1. The first-order valence-electron chi connectivity index (χ1n) is 8.15. The Morgan fingerprint density at radius 1 is 1.27 bits per heavy atom. The predicted octanol–water partition coefficient (Wildman–Crippen LogP) is 2.59. The maximum Gasteiger partial charge on any atom is 0.337 e. The molecule has 3 N–H and O–H groups in total. The molecular weight excluding hydrogens is 379 g/mol. The molecule has 3 atom stereocenters. The number of halogens is 2. The van der Waals surface area contributed by atoms with Crippen molar-refractivity contribution in [2.75, 3.05) is 18.0 Å². The van der Waals surface area contributed by atoms with Crippen LogP contribution >= 0.6 is 23.2 Å². The molecule has 1 amide bonds. The standard InChI is InChI=1S/C17H16Cl2N4O3/c1-7-12(18)13(19)15(21-7)16(24)22-14-9-5-23(6-10(9)14)11-3-2-8(4-20-11)17(25)26/h2-4,9-10,14,21H,5-6H2,1H3,(H,22,24)(H,25,26)/t9-,10+,14?. The van der Waals surface area contributed by atoms with Crippen molar-refractivity contribution in [1.82, 2.24) is 15.3 Å². The minimum Gasteiger partial charge on any atom is -0.478 e. The monoisotopic (exact) mass is 394 g/mol. The fraction of sp³-hybridized carbons (Fsp3) is 0.353. The van der Waals surface area contributed by atoms with Gasteiger partial charge in [0.25, 0.3) is 5.91 Å². The van der Waals surface area contributed by atoms with Gasteiger partial charge in [-0.25, -0.2) is 9.78 Å². The zero-order valence-corrected chi connectivity index (χ0v) is 15.3. The number of aromatic carboxylic acids is 1. The molecule has 1 saturated heterocycles. The van der Waals surface area contributed by atoms with Crippen molar-refractivity contribution in [3.8, 4) is 0 Å². The van der Waals surface area contributed by atoms with E-state index in [1.807, 2.05) is 0 Å². The Balaban J connectivity index is 1.36. The lowest BCUT2D eigenvalue weighted by molar-refractivity contribution is 0.0696. The van der Waals surface area contributed by atoms with E-state index in [1.54, 1.807) is 19.1 Å². The normalized spacial score (nSPS) is 23.7. The van der Waals surface area contributed by atoms with Gasteiger partial charge in [-0.1, -0.05) is 23.2 Å². The number of nitrogens with one attached hydrogen (secondary N) is 2. The van der Waals surface area contributed by atoms with Crippen molar-refractivity contribution < 1.29 is 14.7 Å². The molecule has 0 spiro atoms. The number of carbonyl (C=O) groups excluding carboxylic acids is 1. The average molecular weight is 395 g/mol. The van der Waals surface area contributed by atoms with Crippen LogP contribution in [0.4, 0.5) is 5.82 Å². The van der Waals surface area contributed by atoms with Crippen molar-refractivity contribution >= 4 is 40.9 Å². The van der Waals surface area contributed by atoms with Gasteiger partial charge in [-0.15, -0.1) is 0 Å². The Labute approximate surface area is 159 Å². The van der Waals surface area contributed by atoms with Gasteiger partial charge in [0.2, 0.25) is 0 Å². The van der Waals surface area contributed by atoms with Crippen LogP contribution in [0.15, 0.2) is 18.3 Å². The predicted molar refractivity (Wildman–Crippen MR) is 97.2 cm³/mol. The van der Waals surface area contributed by atoms with E-state index in [0.717, 1.165) is 18.9 Å². The first-order chi connectivity index (χ1) is 12.4. The van der Waals surface area contributed by atoms with E-state index in [9.17, 15) is 9.59 Å². The van der Waals surface area contributed by atoms with E-state index in [0.29, 0.717) is 28.2 Å². The minimum absolute atomic E-state index is 0.107. The number of anilines is 1. The Bertz CT molecular complexity index is 884. The molecule has 1 saturated carbocycles. The van der Waals surface area contributed by atoms with E-state index >= 15 is 0 Å². The van der Waals surface area contributed by atoms with Crippen molar-refractivity contribution in [3.63, 3.8) is 0 Å². The zero-order valence-electron chi connectivity index (χ0n) is 13.8. The molecule has 2 aromatic rings. The number of fused-ring (bicyclic) bond motifs is 1. The number of rotatable bonds is 4. The van der Waals surface area contributed by atoms with Crippen molar-refractivity contribution in [1.29, 1.82) is 0 Å². The molecule has 4 rings (SSSR count). The SMILES string of the molecule is Cc1[nH]c(C(=O)NC2[C@H]3CN(c4ccc(C(=O)O)cn4)C[C@@H]23)c(Cl)c1Cl. The molecule has 0 radical (unpaired) electrons. The number of carboxylic acids is 1. The summed E-state index contributed by atoms with van der Waals surface area (Å²) in [4.78, 5) is 32.5. The van der Waals surface area contributed by atoms with Gasteiger partial charge in [-0.3, -0.25) is 4.79 Å². The molecule has 7 nitrogen and oxygen atoms in total. The van der Waals surface area contributed by atoms with Crippen LogP contribution in [0.3, 0.4) is 0 Å². The van der Waals surface area contributed by atoms with E-state index in [-0.39, 0.29) is 22.5 Å². The van der Waals surface area contributed by atoms with Gasteiger partial charge in [-0.2, -0.15) is 0 Å². The number of aryl methyl sites for hydroxylation is 1. The van der Waals surface area contributed by atoms with Gasteiger partial charge in [0.1, 0.15) is 11.5 Å². The highest BCUT2D eigenvalue weighted by atomic mass is 35.5. The Morgan fingerprint density at radius 3 is 2.46 bits per heavy atom. The summed E-state index contributed by atoms with van der Waals surface area (Å²) in [5.41, 5.74) is 1.13. The fourth-order valence-corrected chi connectivity index (χ4v) is 4.00. The molecule has 3 heterocycles. The second kappa shape index (κ2) is 6.17. The van der Waals surface area contributed by atoms with Crippen LogP contribution in [0.5, 0.6) is 0 Å². The first-order valence-corrected chi connectivity index (χ1v) is 8.91. The van der Waals surface area contributed by atoms with Crippen LogP contribution in [0.1, 0.15) is 26.5 Å². The van der Waals surface area contributed by atoms with Gasteiger partial charge < -0.3 is 20.3 Å². The smallest absolute Gasteiger partial charge is 0.337 e. The highest BCUT2D eigenvalue weighted by Crippen LogP contribution is 2.46. The molecule has 1 aliphatic heterocycles. The maximum absolute atomic E-state index is 12.4. The molecule has 0 aromatic carbocycles. The maximum atomic E-state index is 12.4. The van der Waals surface area contributed by atoms with Gasteiger partial charge in [0.15, 0.2) is 0 Å². The summed E-state index contributed by atoms with van der Waals surface area (Å²) in [6.45, 7) is 3.30. The number of amides is 1. The van der Waals surface area contributed by atoms with Gasteiger partial charge in [0.05, 0.1) is 15.6 Å². The summed E-state index contributed by atoms with van der Waals surface area (Å²) in [7, 11) is 0. The number of H-pyrrole nitrogens is 1. The number of pyridine rings is 1. The highest BCUT2D eigenvalue weighted by molar-refractivity contribution is 6.44. The van der Waals surface area contributed by atoms with E-state index in [4.69, 9.17) is 28.3 Å². The molecule has 136 valence electrons. The number of nitrogens with zero attached hydrogens (tertiary/aromatic N) is 2. The summed E-state index contributed by atoms with van der Waals surface area (Å²) in [5, 5.41) is 12.6. The number of carboxylic acid groups (broad SMARTS) is 1. The van der Waals surface area contributed by atoms with Gasteiger partial charge in [0, 0.05) is 42.9 Å². The third-order valence-electron chi connectivity index (χ3n) is 5.09. The van der Waals surface area contributed by atoms with Crippen molar-refractivity contribution in [2.45, 2.75) is 13.0 Å². The van der Waals surface area contributed by atoms with E-state index in [2.05, 4.69) is 20.2 Å². The molecule has 26 heavy (non-hydrogen) atoms. The van der Waals surface area contributed by atoms with Crippen molar-refractivity contribution in [2.24, 2.45) is 11.8 Å². The molecule has 9 heteroatoms. The third kappa shape index (κ3) is 2.81. The Hall–Kier alpha value is -2.25. The summed E-state index contributed by atoms with van der Waals surface area (Å²) in [5.74, 6) is 0.215. The number of hydrogen-bond donors (Lipinski definition) is 3. The Kier molecular flexibility index (Phi) is 4.08. The van der Waals surface area contributed by atoms with Crippen LogP contribution < -0.4 is 10.2 Å². The van der Waals surface area contributed by atoms with Crippen LogP contribution in [-0.2, 0) is 0 Å². The summed E-state index contributed by atoms with van der Waals surface area (Å²) < 4.78 is 0. The third-order valence-corrected chi connectivity index (χ3v) is 6.04. The number of hydrogen-bond acceptors (Lipinski definition) is 4. The average Bonchev–Trinajstić information content (AvgIpc) is 2.95. The second-order valence-corrected chi connectivity index (χ2v) is 7.45. The van der Waals surface area contributed by atoms with Crippen LogP contribution in [0.25, 0.3) is 0 Å². The summed E-state index contributed by atoms with van der Waals surface area (Å²) in [6.07, 6.45) is 1.36. The first kappa shape index (κ1) is 17.2. The largest absolute Gasteiger partial charge is 0.478 e. The van der Waals surface area contributed by atoms with E-state index in [1.165, 1.54) is 6.20 Å². The Morgan fingerprint density at radius 2 is 1.96 bits per heavy atom. The molecule has 2 fully saturated rings. The lowest BCUT2D eigenvalue weighted by Crippen LogP contribution is -2.35.